The topological polar surface area (TPSA) is 49.3 Å². The van der Waals surface area contributed by atoms with Crippen molar-refractivity contribution in [2.24, 2.45) is 5.41 Å². The number of hydrogen-bond donors (Lipinski definition) is 2. The summed E-state index contributed by atoms with van der Waals surface area (Å²) in [5, 5.41) is 12.4. The molecule has 21 heavy (non-hydrogen) atoms. The molecule has 1 saturated carbocycles. The van der Waals surface area contributed by atoms with E-state index in [9.17, 15) is 14.3 Å². The van der Waals surface area contributed by atoms with Gasteiger partial charge in [-0.15, -0.1) is 11.8 Å². The fourth-order valence-corrected chi connectivity index (χ4v) is 3.59. The summed E-state index contributed by atoms with van der Waals surface area (Å²) in [4.78, 5) is 12.4. The van der Waals surface area contributed by atoms with Crippen LogP contribution in [0.25, 0.3) is 0 Å². The van der Waals surface area contributed by atoms with E-state index in [1.807, 2.05) is 0 Å². The molecule has 5 heteroatoms. The molecule has 0 aromatic heterocycles. The van der Waals surface area contributed by atoms with E-state index < -0.39 is 0 Å². The highest BCUT2D eigenvalue weighted by molar-refractivity contribution is 7.99. The Balaban J connectivity index is 1.69. The van der Waals surface area contributed by atoms with Gasteiger partial charge >= 0.3 is 0 Å². The molecule has 2 N–H and O–H groups in total. The Kier molecular flexibility index (Phi) is 6.06. The minimum absolute atomic E-state index is 0.0291. The van der Waals surface area contributed by atoms with Gasteiger partial charge in [-0.25, -0.2) is 4.39 Å². The van der Waals surface area contributed by atoms with Crippen molar-refractivity contribution >= 4 is 17.7 Å². The fourth-order valence-electron chi connectivity index (χ4n) is 2.71. The summed E-state index contributed by atoms with van der Waals surface area (Å²) in [6.45, 7) is 0.684. The molecule has 1 aliphatic rings. The first kappa shape index (κ1) is 16.3. The van der Waals surface area contributed by atoms with E-state index in [1.165, 1.54) is 17.8 Å². The molecule has 1 aromatic rings. The van der Waals surface area contributed by atoms with Gasteiger partial charge in [-0.2, -0.15) is 0 Å². The number of carbonyl (C=O) groups excluding carboxylic acids is 1. The van der Waals surface area contributed by atoms with E-state index in [1.54, 1.807) is 18.2 Å². The molecule has 3 nitrogen and oxygen atoms in total. The molecule has 1 amide bonds. The van der Waals surface area contributed by atoms with Gasteiger partial charge in [0.25, 0.3) is 0 Å². The van der Waals surface area contributed by atoms with Crippen LogP contribution in [0.2, 0.25) is 0 Å². The Morgan fingerprint density at radius 3 is 2.71 bits per heavy atom. The van der Waals surface area contributed by atoms with Gasteiger partial charge < -0.3 is 10.4 Å². The van der Waals surface area contributed by atoms with E-state index in [-0.39, 0.29) is 23.7 Å². The van der Waals surface area contributed by atoms with Gasteiger partial charge in [0.1, 0.15) is 5.82 Å². The van der Waals surface area contributed by atoms with E-state index >= 15 is 0 Å². The van der Waals surface area contributed by atoms with Crippen LogP contribution in [0.3, 0.4) is 0 Å². The Hall–Kier alpha value is -1.07. The third-order valence-corrected chi connectivity index (χ3v) is 5.13. The summed E-state index contributed by atoms with van der Waals surface area (Å²) in [5.41, 5.74) is -0.117. The highest BCUT2D eigenvalue weighted by Crippen LogP contribution is 2.36. The summed E-state index contributed by atoms with van der Waals surface area (Å²) in [6.07, 6.45) is 4.57. The van der Waals surface area contributed by atoms with Gasteiger partial charge in [-0.1, -0.05) is 25.0 Å². The second-order valence-electron chi connectivity index (χ2n) is 5.67. The zero-order valence-electron chi connectivity index (χ0n) is 12.1. The Labute approximate surface area is 129 Å². The number of nitrogens with one attached hydrogen (secondary N) is 1. The van der Waals surface area contributed by atoms with Crippen LogP contribution >= 0.6 is 11.8 Å². The molecule has 0 unspecified atom stereocenters. The van der Waals surface area contributed by atoms with E-state index in [0.29, 0.717) is 23.6 Å². The monoisotopic (exact) mass is 311 g/mol. The number of aliphatic hydroxyl groups is 1. The number of hydrogen-bond acceptors (Lipinski definition) is 3. The second-order valence-corrected chi connectivity index (χ2v) is 6.81. The predicted molar refractivity (Wildman–Crippen MR) is 82.7 cm³/mol. The van der Waals surface area contributed by atoms with Crippen LogP contribution in [0.15, 0.2) is 29.2 Å². The van der Waals surface area contributed by atoms with Crippen LogP contribution in [0.1, 0.15) is 32.1 Å². The van der Waals surface area contributed by atoms with E-state index in [4.69, 9.17) is 0 Å². The summed E-state index contributed by atoms with van der Waals surface area (Å²) in [6, 6.07) is 6.59. The summed E-state index contributed by atoms with van der Waals surface area (Å²) >= 11 is 1.35. The van der Waals surface area contributed by atoms with Crippen molar-refractivity contribution in [2.45, 2.75) is 37.0 Å². The van der Waals surface area contributed by atoms with Crippen molar-refractivity contribution in [1.82, 2.24) is 5.32 Å². The maximum Gasteiger partial charge on any atom is 0.220 e. The number of carbonyl (C=O) groups is 1. The number of aliphatic hydroxyl groups excluding tert-OH is 1. The molecule has 1 fully saturated rings. The van der Waals surface area contributed by atoms with Gasteiger partial charge in [0.2, 0.25) is 5.91 Å². The average Bonchev–Trinajstić information content (AvgIpc) is 2.97. The zero-order valence-corrected chi connectivity index (χ0v) is 12.9. The van der Waals surface area contributed by atoms with Gasteiger partial charge in [-0.05, 0) is 25.0 Å². The molecular formula is C16H22FNO2S. The summed E-state index contributed by atoms with van der Waals surface area (Å²) in [7, 11) is 0. The van der Waals surface area contributed by atoms with Crippen LogP contribution in [-0.2, 0) is 4.79 Å². The maximum absolute atomic E-state index is 13.4. The smallest absolute Gasteiger partial charge is 0.220 e. The average molecular weight is 311 g/mol. The normalized spacial score (nSPS) is 16.9. The molecule has 1 aliphatic carbocycles. The first-order valence-corrected chi connectivity index (χ1v) is 8.39. The zero-order chi connectivity index (χ0) is 15.1. The number of rotatable bonds is 7. The highest BCUT2D eigenvalue weighted by atomic mass is 32.2. The predicted octanol–water partition coefficient (Wildman–Crippen LogP) is 2.98. The molecule has 2 rings (SSSR count). The van der Waals surface area contributed by atoms with Crippen LogP contribution in [0.4, 0.5) is 4.39 Å². The number of benzene rings is 1. The maximum atomic E-state index is 13.4. The number of halogens is 1. The lowest BCUT2D eigenvalue weighted by Gasteiger charge is -2.26. The molecule has 0 aliphatic heterocycles. The Morgan fingerprint density at radius 2 is 2.05 bits per heavy atom. The van der Waals surface area contributed by atoms with Gasteiger partial charge in [0.15, 0.2) is 0 Å². The van der Waals surface area contributed by atoms with Crippen molar-refractivity contribution in [3.05, 3.63) is 30.1 Å². The first-order valence-electron chi connectivity index (χ1n) is 7.40. The third kappa shape index (κ3) is 4.71. The van der Waals surface area contributed by atoms with Gasteiger partial charge in [0, 0.05) is 29.0 Å². The molecule has 0 heterocycles. The van der Waals surface area contributed by atoms with Crippen molar-refractivity contribution in [3.63, 3.8) is 0 Å². The van der Waals surface area contributed by atoms with Crippen LogP contribution in [0.5, 0.6) is 0 Å². The molecule has 0 radical (unpaired) electrons. The summed E-state index contributed by atoms with van der Waals surface area (Å²) < 4.78 is 13.4. The Bertz CT molecular complexity index is 475. The molecule has 0 bridgehead atoms. The van der Waals surface area contributed by atoms with Crippen molar-refractivity contribution < 1.29 is 14.3 Å². The van der Waals surface area contributed by atoms with Crippen LogP contribution in [0, 0.1) is 11.2 Å². The standard InChI is InChI=1S/C16H22FNO2S/c17-13-5-1-2-6-14(13)21-10-7-15(20)18-11-16(12-19)8-3-4-9-16/h1-2,5-6,19H,3-4,7-12H2,(H,18,20). The molecule has 0 spiro atoms. The van der Waals surface area contributed by atoms with Crippen molar-refractivity contribution in [3.8, 4) is 0 Å². The third-order valence-electron chi connectivity index (χ3n) is 4.08. The highest BCUT2D eigenvalue weighted by Gasteiger charge is 2.33. The van der Waals surface area contributed by atoms with E-state index in [0.717, 1.165) is 25.7 Å². The summed E-state index contributed by atoms with van der Waals surface area (Å²) in [5.74, 6) is 0.283. The molecular weight excluding hydrogens is 289 g/mol. The quantitative estimate of drug-likeness (QED) is 0.761. The lowest BCUT2D eigenvalue weighted by atomic mass is 9.87. The molecule has 1 aromatic carbocycles. The minimum Gasteiger partial charge on any atom is -0.396 e. The lowest BCUT2D eigenvalue weighted by Crippen LogP contribution is -2.38. The molecule has 0 atom stereocenters. The number of amides is 1. The van der Waals surface area contributed by atoms with Crippen molar-refractivity contribution in [1.29, 1.82) is 0 Å². The van der Waals surface area contributed by atoms with Gasteiger partial charge in [0.05, 0.1) is 6.61 Å². The van der Waals surface area contributed by atoms with Crippen LogP contribution < -0.4 is 5.32 Å². The SMILES string of the molecule is O=C(CCSc1ccccc1F)NCC1(CO)CCCC1. The number of thioether (sulfide) groups is 1. The molecule has 116 valence electrons. The lowest BCUT2D eigenvalue weighted by molar-refractivity contribution is -0.121. The fraction of sp³-hybridized carbons (Fsp3) is 0.562. The second kappa shape index (κ2) is 7.80. The minimum atomic E-state index is -0.243. The Morgan fingerprint density at radius 1 is 1.33 bits per heavy atom. The largest absolute Gasteiger partial charge is 0.396 e. The van der Waals surface area contributed by atoms with Gasteiger partial charge in [-0.3, -0.25) is 4.79 Å². The molecule has 0 saturated heterocycles. The van der Waals surface area contributed by atoms with E-state index in [2.05, 4.69) is 5.32 Å². The van der Waals surface area contributed by atoms with Crippen LogP contribution in [-0.4, -0.2) is 29.9 Å². The van der Waals surface area contributed by atoms with Crippen molar-refractivity contribution in [2.75, 3.05) is 18.9 Å². The first-order chi connectivity index (χ1) is 10.2.